The fourth-order valence-electron chi connectivity index (χ4n) is 1.97. The van der Waals surface area contributed by atoms with Crippen molar-refractivity contribution in [2.24, 2.45) is 0 Å². The molecule has 1 unspecified atom stereocenters. The van der Waals surface area contributed by atoms with Gasteiger partial charge >= 0.3 is 0 Å². The molecule has 0 spiro atoms. The van der Waals surface area contributed by atoms with Gasteiger partial charge in [0.2, 0.25) is 0 Å². The molecule has 1 fully saturated rings. The summed E-state index contributed by atoms with van der Waals surface area (Å²) < 4.78 is 18.1. The van der Waals surface area contributed by atoms with Gasteiger partial charge in [-0.25, -0.2) is 4.39 Å². The molecule has 1 aliphatic heterocycles. The summed E-state index contributed by atoms with van der Waals surface area (Å²) in [7, 11) is 1.60. The van der Waals surface area contributed by atoms with Crippen molar-refractivity contribution in [3.8, 4) is 0 Å². The zero-order chi connectivity index (χ0) is 13.1. The number of hydrogen-bond acceptors (Lipinski definition) is 3. The molecule has 1 amide bonds. The van der Waals surface area contributed by atoms with Crippen LogP contribution in [-0.4, -0.2) is 38.3 Å². The highest BCUT2D eigenvalue weighted by Gasteiger charge is 2.28. The Kier molecular flexibility index (Phi) is 4.16. The Balaban J connectivity index is 2.07. The zero-order valence-corrected chi connectivity index (χ0v) is 10.6. The van der Waals surface area contributed by atoms with E-state index >= 15 is 0 Å². The molecule has 2 N–H and O–H groups in total. The van der Waals surface area contributed by atoms with Gasteiger partial charge in [0.05, 0.1) is 22.7 Å². The van der Waals surface area contributed by atoms with Gasteiger partial charge in [-0.15, -0.1) is 0 Å². The molecule has 1 heterocycles. The minimum atomic E-state index is -0.464. The van der Waals surface area contributed by atoms with E-state index in [9.17, 15) is 9.18 Å². The first-order valence-electron chi connectivity index (χ1n) is 5.61. The van der Waals surface area contributed by atoms with Crippen LogP contribution < -0.4 is 10.6 Å². The lowest BCUT2D eigenvalue weighted by Crippen LogP contribution is -2.43. The fourth-order valence-corrected chi connectivity index (χ4v) is 2.22. The Hall–Kier alpha value is -1.17. The number of benzene rings is 1. The van der Waals surface area contributed by atoms with Crippen molar-refractivity contribution < 1.29 is 13.9 Å². The van der Waals surface area contributed by atoms with Gasteiger partial charge in [0.15, 0.2) is 0 Å². The Labute approximate surface area is 109 Å². The zero-order valence-electron chi connectivity index (χ0n) is 9.87. The average Bonchev–Trinajstić information content (AvgIpc) is 2.76. The molecule has 98 valence electrons. The van der Waals surface area contributed by atoms with Gasteiger partial charge in [-0.3, -0.25) is 4.79 Å². The molecular formula is C12H14ClFN2O2. The monoisotopic (exact) mass is 272 g/mol. The van der Waals surface area contributed by atoms with Crippen molar-refractivity contribution in [1.82, 2.24) is 10.6 Å². The topological polar surface area (TPSA) is 50.4 Å². The van der Waals surface area contributed by atoms with Crippen molar-refractivity contribution >= 4 is 17.5 Å². The summed E-state index contributed by atoms with van der Waals surface area (Å²) in [5, 5.41) is 6.05. The minimum Gasteiger partial charge on any atom is -0.378 e. The standard InChI is InChI=1S/C12H14ClFN2O2/c1-18-11-6-15-5-10(11)16-12(17)8-3-2-7(14)4-9(8)13/h2-4,10-11,15H,5-6H2,1H3,(H,16,17)/t10?,11-/m1/s1. The molecule has 1 saturated heterocycles. The van der Waals surface area contributed by atoms with E-state index in [0.717, 1.165) is 6.07 Å². The molecule has 0 saturated carbocycles. The molecule has 0 radical (unpaired) electrons. The number of methoxy groups -OCH3 is 1. The third kappa shape index (κ3) is 2.80. The predicted molar refractivity (Wildman–Crippen MR) is 66.3 cm³/mol. The van der Waals surface area contributed by atoms with Crippen LogP contribution in [0.2, 0.25) is 5.02 Å². The summed E-state index contributed by atoms with van der Waals surface area (Å²) in [6.07, 6.45) is -0.0619. The van der Waals surface area contributed by atoms with E-state index in [1.54, 1.807) is 7.11 Å². The maximum Gasteiger partial charge on any atom is 0.253 e. The van der Waals surface area contributed by atoms with Crippen molar-refractivity contribution in [2.75, 3.05) is 20.2 Å². The molecule has 1 aromatic rings. The number of ether oxygens (including phenoxy) is 1. The SMILES string of the molecule is CO[C@@H]1CNCC1NC(=O)c1ccc(F)cc1Cl. The molecule has 1 aliphatic rings. The van der Waals surface area contributed by atoms with Crippen LogP contribution in [-0.2, 0) is 4.74 Å². The van der Waals surface area contributed by atoms with Crippen molar-refractivity contribution in [1.29, 1.82) is 0 Å². The molecule has 0 aromatic heterocycles. The molecule has 4 nitrogen and oxygen atoms in total. The molecule has 1 aromatic carbocycles. The van der Waals surface area contributed by atoms with Crippen LogP contribution in [0.4, 0.5) is 4.39 Å². The van der Waals surface area contributed by atoms with Gasteiger partial charge in [0.1, 0.15) is 5.82 Å². The first-order chi connectivity index (χ1) is 8.61. The number of hydrogen-bond donors (Lipinski definition) is 2. The highest BCUT2D eigenvalue weighted by molar-refractivity contribution is 6.33. The van der Waals surface area contributed by atoms with Gasteiger partial charge < -0.3 is 15.4 Å². The third-order valence-corrected chi connectivity index (χ3v) is 3.27. The van der Waals surface area contributed by atoms with Crippen molar-refractivity contribution in [3.05, 3.63) is 34.6 Å². The second kappa shape index (κ2) is 5.65. The van der Waals surface area contributed by atoms with E-state index in [1.165, 1.54) is 12.1 Å². The predicted octanol–water partition coefficient (Wildman–Crippen LogP) is 1.20. The van der Waals surface area contributed by atoms with E-state index < -0.39 is 5.82 Å². The van der Waals surface area contributed by atoms with Crippen molar-refractivity contribution in [3.63, 3.8) is 0 Å². The lowest BCUT2D eigenvalue weighted by atomic mass is 10.1. The molecule has 2 rings (SSSR count). The van der Waals surface area contributed by atoms with E-state index in [-0.39, 0.29) is 28.6 Å². The van der Waals surface area contributed by atoms with Gasteiger partial charge in [-0.05, 0) is 18.2 Å². The van der Waals surface area contributed by atoms with Crippen LogP contribution in [0, 0.1) is 5.82 Å². The van der Waals surface area contributed by atoms with Crippen molar-refractivity contribution in [2.45, 2.75) is 12.1 Å². The Morgan fingerprint density at radius 2 is 2.33 bits per heavy atom. The van der Waals surface area contributed by atoms with Crippen LogP contribution in [0.5, 0.6) is 0 Å². The van der Waals surface area contributed by atoms with Crippen LogP contribution in [0.15, 0.2) is 18.2 Å². The minimum absolute atomic E-state index is 0.0619. The smallest absolute Gasteiger partial charge is 0.253 e. The van der Waals surface area contributed by atoms with Crippen LogP contribution in [0.3, 0.4) is 0 Å². The Morgan fingerprint density at radius 3 is 3.00 bits per heavy atom. The maximum absolute atomic E-state index is 12.9. The summed E-state index contributed by atoms with van der Waals surface area (Å²) in [6, 6.07) is 3.60. The van der Waals surface area contributed by atoms with Gasteiger partial charge in [-0.1, -0.05) is 11.6 Å². The molecule has 18 heavy (non-hydrogen) atoms. The molecule has 0 bridgehead atoms. The van der Waals surface area contributed by atoms with Crippen LogP contribution in [0.1, 0.15) is 10.4 Å². The Morgan fingerprint density at radius 1 is 1.56 bits per heavy atom. The lowest BCUT2D eigenvalue weighted by Gasteiger charge is -2.18. The summed E-state index contributed by atoms with van der Waals surface area (Å²) in [4.78, 5) is 12.0. The highest BCUT2D eigenvalue weighted by atomic mass is 35.5. The lowest BCUT2D eigenvalue weighted by molar-refractivity contribution is 0.0780. The molecule has 0 aliphatic carbocycles. The summed E-state index contributed by atoms with van der Waals surface area (Å²) in [6.45, 7) is 1.33. The number of halogens is 2. The number of rotatable bonds is 3. The van der Waals surface area contributed by atoms with Gasteiger partial charge in [0.25, 0.3) is 5.91 Å². The summed E-state index contributed by atoms with van der Waals surface area (Å²) in [5.41, 5.74) is 0.264. The number of carbonyl (C=O) groups excluding carboxylic acids is 1. The number of amides is 1. The first-order valence-corrected chi connectivity index (χ1v) is 5.99. The largest absolute Gasteiger partial charge is 0.378 e. The van der Waals surface area contributed by atoms with E-state index in [2.05, 4.69) is 10.6 Å². The normalized spacial score (nSPS) is 23.1. The quantitative estimate of drug-likeness (QED) is 0.869. The first kappa shape index (κ1) is 13.3. The summed E-state index contributed by atoms with van der Waals surface area (Å²) >= 11 is 5.83. The van der Waals surface area contributed by atoms with Gasteiger partial charge in [-0.2, -0.15) is 0 Å². The van der Waals surface area contributed by atoms with Crippen LogP contribution in [0.25, 0.3) is 0 Å². The number of carbonyl (C=O) groups is 1. The third-order valence-electron chi connectivity index (χ3n) is 2.95. The van der Waals surface area contributed by atoms with Gasteiger partial charge in [0, 0.05) is 20.2 Å². The maximum atomic E-state index is 12.9. The highest BCUT2D eigenvalue weighted by Crippen LogP contribution is 2.17. The van der Waals surface area contributed by atoms with E-state index in [4.69, 9.17) is 16.3 Å². The van der Waals surface area contributed by atoms with Crippen LogP contribution >= 0.6 is 11.6 Å². The second-order valence-electron chi connectivity index (χ2n) is 4.14. The van der Waals surface area contributed by atoms with E-state index in [1.807, 2.05) is 0 Å². The Bertz CT molecular complexity index is 456. The summed E-state index contributed by atoms with van der Waals surface area (Å²) in [5.74, 6) is -0.787. The molecular weight excluding hydrogens is 259 g/mol. The molecule has 2 atom stereocenters. The van der Waals surface area contributed by atoms with E-state index in [0.29, 0.717) is 13.1 Å². The second-order valence-corrected chi connectivity index (χ2v) is 4.54. The average molecular weight is 273 g/mol. The fraction of sp³-hybridized carbons (Fsp3) is 0.417. The molecule has 6 heteroatoms. The number of nitrogens with one attached hydrogen (secondary N) is 2.